The molecule has 23 heavy (non-hydrogen) atoms. The predicted molar refractivity (Wildman–Crippen MR) is 96.0 cm³/mol. The number of anilines is 1. The summed E-state index contributed by atoms with van der Waals surface area (Å²) in [5.74, 6) is 0.0631. The van der Waals surface area contributed by atoms with E-state index in [9.17, 15) is 4.79 Å². The number of nitrogens with one attached hydrogen (secondary N) is 1. The minimum atomic E-state index is -0.0500. The number of fused-ring (bicyclic) bond motifs is 1. The van der Waals surface area contributed by atoms with Crippen LogP contribution >= 0.6 is 23.1 Å². The van der Waals surface area contributed by atoms with E-state index in [1.54, 1.807) is 29.3 Å². The molecule has 3 aromatic rings. The molecule has 0 spiro atoms. The summed E-state index contributed by atoms with van der Waals surface area (Å²) in [6.07, 6.45) is 2.59. The van der Waals surface area contributed by atoms with Crippen LogP contribution in [0.4, 0.5) is 5.69 Å². The number of thiazole rings is 1. The monoisotopic (exact) mass is 338 g/mol. The van der Waals surface area contributed by atoms with Gasteiger partial charge in [-0.25, -0.2) is 4.98 Å². The zero-order chi connectivity index (χ0) is 15.6. The Kier molecular flexibility index (Phi) is 3.89. The molecule has 5 heteroatoms. The second kappa shape index (κ2) is 6.18. The molecular formula is C18H14N2OS2. The fraction of sp³-hybridized carbons (Fsp3) is 0.111. The topological polar surface area (TPSA) is 42.0 Å². The summed E-state index contributed by atoms with van der Waals surface area (Å²) in [6, 6.07) is 16.1. The van der Waals surface area contributed by atoms with E-state index in [2.05, 4.69) is 22.4 Å². The number of hydrogen-bond donors (Lipinski definition) is 1. The van der Waals surface area contributed by atoms with E-state index >= 15 is 0 Å². The fourth-order valence-electron chi connectivity index (χ4n) is 2.61. The van der Waals surface area contributed by atoms with Crippen molar-refractivity contribution in [2.24, 2.45) is 0 Å². The van der Waals surface area contributed by atoms with Crippen LogP contribution in [-0.4, -0.2) is 16.1 Å². The first kappa shape index (κ1) is 14.5. The summed E-state index contributed by atoms with van der Waals surface area (Å²) in [6.45, 7) is 0. The third kappa shape index (κ3) is 3.02. The molecule has 0 bridgehead atoms. The van der Waals surface area contributed by atoms with Crippen LogP contribution in [0, 0.1) is 0 Å². The zero-order valence-electron chi connectivity index (χ0n) is 12.2. The molecule has 1 aliphatic rings. The molecule has 0 saturated carbocycles. The first-order valence-corrected chi connectivity index (χ1v) is 9.11. The number of benzene rings is 2. The normalized spacial score (nSPS) is 16.1. The van der Waals surface area contributed by atoms with Crippen molar-refractivity contribution < 1.29 is 4.79 Å². The van der Waals surface area contributed by atoms with Crippen LogP contribution in [0.25, 0.3) is 10.6 Å². The van der Waals surface area contributed by atoms with Crippen LogP contribution < -0.4 is 5.32 Å². The molecule has 114 valence electrons. The maximum absolute atomic E-state index is 12.5. The van der Waals surface area contributed by atoms with Crippen molar-refractivity contribution in [1.29, 1.82) is 0 Å². The van der Waals surface area contributed by atoms with E-state index in [4.69, 9.17) is 0 Å². The lowest BCUT2D eigenvalue weighted by Crippen LogP contribution is -2.24. The molecule has 1 atom stereocenters. The molecule has 2 heterocycles. The molecular weight excluding hydrogens is 324 g/mol. The lowest BCUT2D eigenvalue weighted by Gasteiger charge is -2.10. The number of hydrogen-bond acceptors (Lipinski definition) is 4. The molecule has 1 aromatic heterocycles. The van der Waals surface area contributed by atoms with Crippen molar-refractivity contribution in [2.45, 2.75) is 16.6 Å². The minimum Gasteiger partial charge on any atom is -0.325 e. The first-order chi connectivity index (χ1) is 11.3. The van der Waals surface area contributed by atoms with Gasteiger partial charge in [-0.2, -0.15) is 0 Å². The molecule has 0 fully saturated rings. The van der Waals surface area contributed by atoms with Crippen molar-refractivity contribution in [2.75, 3.05) is 5.32 Å². The summed E-state index contributed by atoms with van der Waals surface area (Å²) in [5.41, 5.74) is 3.16. The number of rotatable bonds is 3. The summed E-state index contributed by atoms with van der Waals surface area (Å²) >= 11 is 3.25. The SMILES string of the molecule is O=C(Nc1ccc(-c2nccs2)cc1)C1Cc2ccccc2S1. The Labute approximate surface area is 142 Å². The second-order valence-corrected chi connectivity index (χ2v) is 7.46. The van der Waals surface area contributed by atoms with E-state index in [1.807, 2.05) is 41.8 Å². The quantitative estimate of drug-likeness (QED) is 0.766. The van der Waals surface area contributed by atoms with Crippen molar-refractivity contribution in [3.8, 4) is 10.6 Å². The Hall–Kier alpha value is -2.11. The molecule has 0 radical (unpaired) electrons. The highest BCUT2D eigenvalue weighted by Crippen LogP contribution is 2.37. The number of amides is 1. The van der Waals surface area contributed by atoms with Gasteiger partial charge < -0.3 is 5.32 Å². The van der Waals surface area contributed by atoms with Gasteiger partial charge in [0.1, 0.15) is 5.01 Å². The largest absolute Gasteiger partial charge is 0.325 e. The van der Waals surface area contributed by atoms with Gasteiger partial charge in [0.25, 0.3) is 0 Å². The lowest BCUT2D eigenvalue weighted by atomic mass is 10.1. The molecule has 3 nitrogen and oxygen atoms in total. The fourth-order valence-corrected chi connectivity index (χ4v) is 4.45. The highest BCUT2D eigenvalue weighted by Gasteiger charge is 2.27. The molecule has 0 saturated heterocycles. The van der Waals surface area contributed by atoms with Crippen LogP contribution in [0.5, 0.6) is 0 Å². The molecule has 0 aliphatic carbocycles. The van der Waals surface area contributed by atoms with E-state index < -0.39 is 0 Å². The van der Waals surface area contributed by atoms with Crippen LogP contribution in [0.1, 0.15) is 5.56 Å². The van der Waals surface area contributed by atoms with Crippen LogP contribution in [0.2, 0.25) is 0 Å². The van der Waals surface area contributed by atoms with Gasteiger partial charge in [-0.1, -0.05) is 18.2 Å². The van der Waals surface area contributed by atoms with E-state index in [0.717, 1.165) is 22.7 Å². The highest BCUT2D eigenvalue weighted by molar-refractivity contribution is 8.01. The molecule has 2 aromatic carbocycles. The zero-order valence-corrected chi connectivity index (χ0v) is 13.9. The summed E-state index contributed by atoms with van der Waals surface area (Å²) in [7, 11) is 0. The van der Waals surface area contributed by atoms with Crippen molar-refractivity contribution in [3.63, 3.8) is 0 Å². The molecule has 1 amide bonds. The van der Waals surface area contributed by atoms with E-state index in [1.165, 1.54) is 10.5 Å². The van der Waals surface area contributed by atoms with E-state index in [-0.39, 0.29) is 11.2 Å². The van der Waals surface area contributed by atoms with E-state index in [0.29, 0.717) is 0 Å². The van der Waals surface area contributed by atoms with Gasteiger partial charge in [0.2, 0.25) is 5.91 Å². The Bertz CT molecular complexity index is 803. The number of carbonyl (C=O) groups is 1. The molecule has 1 unspecified atom stereocenters. The van der Waals surface area contributed by atoms with Gasteiger partial charge in [-0.05, 0) is 42.3 Å². The molecule has 1 aliphatic heterocycles. The van der Waals surface area contributed by atoms with Crippen LogP contribution in [0.3, 0.4) is 0 Å². The van der Waals surface area contributed by atoms with Crippen molar-refractivity contribution >= 4 is 34.7 Å². The maximum atomic E-state index is 12.5. The summed E-state index contributed by atoms with van der Waals surface area (Å²) in [5, 5.41) is 5.91. The number of carbonyl (C=O) groups excluding carboxylic acids is 1. The van der Waals surface area contributed by atoms with Gasteiger partial charge in [-0.3, -0.25) is 4.79 Å². The summed E-state index contributed by atoms with van der Waals surface area (Å²) < 4.78 is 0. The summed E-state index contributed by atoms with van der Waals surface area (Å²) in [4.78, 5) is 18.0. The minimum absolute atomic E-state index is 0.0500. The van der Waals surface area contributed by atoms with Gasteiger partial charge in [0.15, 0.2) is 0 Å². The first-order valence-electron chi connectivity index (χ1n) is 7.35. The molecule has 1 N–H and O–H groups in total. The Balaban J connectivity index is 1.44. The van der Waals surface area contributed by atoms with Crippen LogP contribution in [0.15, 0.2) is 65.0 Å². The van der Waals surface area contributed by atoms with Gasteiger partial charge in [0, 0.05) is 27.7 Å². The van der Waals surface area contributed by atoms with Crippen LogP contribution in [-0.2, 0) is 11.2 Å². The molecule has 4 rings (SSSR count). The van der Waals surface area contributed by atoms with Gasteiger partial charge in [-0.15, -0.1) is 23.1 Å². The van der Waals surface area contributed by atoms with Gasteiger partial charge in [0.05, 0.1) is 5.25 Å². The van der Waals surface area contributed by atoms with Gasteiger partial charge >= 0.3 is 0 Å². The average molecular weight is 338 g/mol. The third-order valence-corrected chi connectivity index (χ3v) is 5.91. The highest BCUT2D eigenvalue weighted by atomic mass is 32.2. The number of aromatic nitrogens is 1. The second-order valence-electron chi connectivity index (χ2n) is 5.32. The maximum Gasteiger partial charge on any atom is 0.238 e. The standard InChI is InChI=1S/C18H14N2OS2/c21-17(16-11-13-3-1-2-4-15(13)23-16)20-14-7-5-12(6-8-14)18-19-9-10-22-18/h1-10,16H,11H2,(H,20,21). The third-order valence-electron chi connectivity index (χ3n) is 3.77. The number of thioether (sulfide) groups is 1. The predicted octanol–water partition coefficient (Wildman–Crippen LogP) is 4.47. The van der Waals surface area contributed by atoms with Crippen molar-refractivity contribution in [3.05, 3.63) is 65.7 Å². The Morgan fingerprint density at radius 1 is 1.13 bits per heavy atom. The Morgan fingerprint density at radius 3 is 2.70 bits per heavy atom. The smallest absolute Gasteiger partial charge is 0.238 e. The Morgan fingerprint density at radius 2 is 1.96 bits per heavy atom. The lowest BCUT2D eigenvalue weighted by molar-refractivity contribution is -0.115. The van der Waals surface area contributed by atoms with Crippen molar-refractivity contribution in [1.82, 2.24) is 4.98 Å². The average Bonchev–Trinajstić information content (AvgIpc) is 3.25. The number of nitrogens with zero attached hydrogens (tertiary/aromatic N) is 1.